The van der Waals surface area contributed by atoms with Crippen LogP contribution in [-0.4, -0.2) is 56.6 Å². The molecule has 0 aromatic heterocycles. The first-order valence-corrected chi connectivity index (χ1v) is 17.2. The second kappa shape index (κ2) is 16.7. The van der Waals surface area contributed by atoms with Crippen LogP contribution in [0, 0.1) is 11.6 Å². The van der Waals surface area contributed by atoms with Crippen LogP contribution in [0.2, 0.25) is 0 Å². The van der Waals surface area contributed by atoms with Crippen LogP contribution in [0.1, 0.15) is 51.7 Å². The van der Waals surface area contributed by atoms with Gasteiger partial charge < -0.3 is 15.3 Å². The second-order valence-electron chi connectivity index (χ2n) is 9.34. The van der Waals surface area contributed by atoms with Crippen LogP contribution in [0.5, 0.6) is 0 Å². The molecule has 0 bridgehead atoms. The van der Waals surface area contributed by atoms with Crippen LogP contribution in [-0.2, 0) is 34.0 Å². The van der Waals surface area contributed by atoms with Crippen LogP contribution in [0.4, 0.5) is 8.78 Å². The Morgan fingerprint density at radius 1 is 0.821 bits per heavy atom. The molecule has 3 N–H and O–H groups in total. The molecule has 0 aliphatic heterocycles. The summed E-state index contributed by atoms with van der Waals surface area (Å²) < 4.78 is 76.4. The molecule has 0 saturated heterocycles. The number of benzene rings is 2. The van der Waals surface area contributed by atoms with Crippen LogP contribution >= 0.6 is 42.5 Å². The standard InChI is InChI=1S/C12H16BrFO4S.C7H5BrClFO2S.C5H12O2/c1-12(2,15)5-6-18-19(16,17)10-4-3-9(8-13)11(14)7-10;8-4-5-1-2-6(3-7(5)10)13(9,11)12;1-5(2,7)3-4-6/h3-4,7,15H,5-6,8H2,1-2H3;1-3H,4H2;6-7H,3-4H2,1-2H3. The van der Waals surface area contributed by atoms with Gasteiger partial charge in [0.15, 0.2) is 0 Å². The summed E-state index contributed by atoms with van der Waals surface area (Å²) in [5.74, 6) is -1.19. The summed E-state index contributed by atoms with van der Waals surface area (Å²) >= 11 is 6.16. The van der Waals surface area contributed by atoms with Gasteiger partial charge in [-0.3, -0.25) is 4.18 Å². The number of hydrogen-bond donors (Lipinski definition) is 3. The van der Waals surface area contributed by atoms with Crippen LogP contribution in [0.3, 0.4) is 0 Å². The fraction of sp³-hybridized carbons (Fsp3) is 0.500. The van der Waals surface area contributed by atoms with E-state index in [1.54, 1.807) is 27.7 Å². The fourth-order valence-electron chi connectivity index (χ4n) is 2.32. The zero-order chi connectivity index (χ0) is 30.7. The van der Waals surface area contributed by atoms with Gasteiger partial charge in [-0.1, -0.05) is 44.0 Å². The van der Waals surface area contributed by atoms with Crippen molar-refractivity contribution in [3.05, 3.63) is 59.2 Å². The summed E-state index contributed by atoms with van der Waals surface area (Å²) in [6.45, 7) is 6.34. The lowest BCUT2D eigenvalue weighted by Gasteiger charge is -2.16. The van der Waals surface area contributed by atoms with Crippen molar-refractivity contribution < 1.29 is 45.1 Å². The molecule has 0 heterocycles. The first-order chi connectivity index (χ1) is 17.7. The van der Waals surface area contributed by atoms with E-state index in [2.05, 4.69) is 31.9 Å². The normalized spacial score (nSPS) is 12.2. The molecular weight excluding hydrogens is 714 g/mol. The fourth-order valence-corrected chi connectivity index (χ4v) is 4.92. The number of aliphatic hydroxyl groups excluding tert-OH is 1. The average molecular weight is 747 g/mol. The zero-order valence-electron chi connectivity index (χ0n) is 21.8. The lowest BCUT2D eigenvalue weighted by molar-refractivity contribution is 0.0514. The van der Waals surface area contributed by atoms with Gasteiger partial charge in [0.25, 0.3) is 19.2 Å². The van der Waals surface area contributed by atoms with Gasteiger partial charge in [0, 0.05) is 34.4 Å². The van der Waals surface area contributed by atoms with Crippen LogP contribution in [0.15, 0.2) is 46.2 Å². The maximum Gasteiger partial charge on any atom is 0.297 e. The summed E-state index contributed by atoms with van der Waals surface area (Å²) in [7, 11) is -2.81. The number of halogens is 5. The smallest absolute Gasteiger partial charge is 0.297 e. The van der Waals surface area contributed by atoms with E-state index >= 15 is 0 Å². The summed E-state index contributed by atoms with van der Waals surface area (Å²) in [5.41, 5.74) is -0.950. The molecule has 0 amide bonds. The molecule has 0 aliphatic carbocycles. The van der Waals surface area contributed by atoms with Crippen molar-refractivity contribution in [1.29, 1.82) is 0 Å². The minimum atomic E-state index is -4.00. The highest BCUT2D eigenvalue weighted by molar-refractivity contribution is 9.08. The van der Waals surface area contributed by atoms with E-state index in [-0.39, 0.29) is 29.4 Å². The second-order valence-corrected chi connectivity index (χ2v) is 14.6. The molecule has 15 heteroatoms. The third-order valence-corrected chi connectivity index (χ3v) is 8.45. The number of hydrogen-bond acceptors (Lipinski definition) is 8. The van der Waals surface area contributed by atoms with E-state index in [0.29, 0.717) is 28.2 Å². The molecule has 0 aliphatic rings. The molecule has 39 heavy (non-hydrogen) atoms. The predicted molar refractivity (Wildman–Crippen MR) is 153 cm³/mol. The number of alkyl halides is 2. The van der Waals surface area contributed by atoms with Crippen LogP contribution in [0.25, 0.3) is 0 Å². The Bertz CT molecular complexity index is 1260. The summed E-state index contributed by atoms with van der Waals surface area (Å²) in [5, 5.41) is 27.2. The van der Waals surface area contributed by atoms with Crippen LogP contribution < -0.4 is 0 Å². The quantitative estimate of drug-likeness (QED) is 0.168. The van der Waals surface area contributed by atoms with E-state index in [1.165, 1.54) is 24.3 Å². The highest BCUT2D eigenvalue weighted by Crippen LogP contribution is 2.21. The van der Waals surface area contributed by atoms with Gasteiger partial charge in [-0.25, -0.2) is 17.2 Å². The van der Waals surface area contributed by atoms with Gasteiger partial charge in [-0.15, -0.1) is 0 Å². The minimum Gasteiger partial charge on any atom is -0.396 e. The Labute approximate surface area is 250 Å². The molecule has 0 atom stereocenters. The molecule has 224 valence electrons. The molecule has 2 aromatic carbocycles. The maximum atomic E-state index is 13.5. The maximum absolute atomic E-state index is 13.5. The monoisotopic (exact) mass is 744 g/mol. The highest BCUT2D eigenvalue weighted by Gasteiger charge is 2.20. The highest BCUT2D eigenvalue weighted by atomic mass is 79.9. The van der Waals surface area contributed by atoms with Crippen molar-refractivity contribution in [1.82, 2.24) is 0 Å². The topological polar surface area (TPSA) is 138 Å². The molecule has 2 rings (SSSR count). The van der Waals surface area contributed by atoms with Gasteiger partial charge in [-0.05, 0) is 69.5 Å². The van der Waals surface area contributed by atoms with Gasteiger partial charge in [0.1, 0.15) is 11.6 Å². The van der Waals surface area contributed by atoms with Crippen molar-refractivity contribution in [2.75, 3.05) is 13.2 Å². The van der Waals surface area contributed by atoms with E-state index < -0.39 is 42.0 Å². The summed E-state index contributed by atoms with van der Waals surface area (Å²) in [6.07, 6.45) is 0.612. The van der Waals surface area contributed by atoms with Crippen molar-refractivity contribution in [2.24, 2.45) is 0 Å². The largest absolute Gasteiger partial charge is 0.396 e. The van der Waals surface area contributed by atoms with Crippen molar-refractivity contribution in [3.8, 4) is 0 Å². The Morgan fingerprint density at radius 2 is 1.23 bits per heavy atom. The first kappa shape index (κ1) is 38.3. The molecule has 8 nitrogen and oxygen atoms in total. The molecule has 0 unspecified atom stereocenters. The van der Waals surface area contributed by atoms with Crippen molar-refractivity contribution >= 4 is 61.7 Å². The van der Waals surface area contributed by atoms with Gasteiger partial charge in [0.05, 0.1) is 27.6 Å². The van der Waals surface area contributed by atoms with E-state index in [4.69, 9.17) is 25.1 Å². The van der Waals surface area contributed by atoms with E-state index in [9.17, 15) is 30.7 Å². The number of aliphatic hydroxyl groups is 3. The number of rotatable bonds is 10. The molecule has 2 aromatic rings. The van der Waals surface area contributed by atoms with Gasteiger partial charge in [0.2, 0.25) is 0 Å². The Morgan fingerprint density at radius 3 is 1.54 bits per heavy atom. The Kier molecular flexibility index (Phi) is 16.4. The molecule has 0 radical (unpaired) electrons. The summed E-state index contributed by atoms with van der Waals surface area (Å²) in [4.78, 5) is -0.457. The lowest BCUT2D eigenvalue weighted by Crippen LogP contribution is -2.22. The first-order valence-electron chi connectivity index (χ1n) is 11.3. The third kappa shape index (κ3) is 16.4. The molecule has 0 fully saturated rings. The Balaban J connectivity index is 0.000000622. The zero-order valence-corrected chi connectivity index (χ0v) is 27.4. The molecular formula is C24H33Br2ClF2O8S2. The predicted octanol–water partition coefficient (Wildman–Crippen LogP) is 5.37. The molecule has 0 saturated carbocycles. The lowest BCUT2D eigenvalue weighted by atomic mass is 10.1. The molecule has 0 spiro atoms. The average Bonchev–Trinajstić information content (AvgIpc) is 2.77. The summed E-state index contributed by atoms with van der Waals surface area (Å²) in [6, 6.07) is 7.14. The van der Waals surface area contributed by atoms with E-state index in [0.717, 1.165) is 12.1 Å². The minimum absolute atomic E-state index is 0.0590. The van der Waals surface area contributed by atoms with Crippen molar-refractivity contribution in [3.63, 3.8) is 0 Å². The van der Waals surface area contributed by atoms with Gasteiger partial charge in [-0.2, -0.15) is 8.42 Å². The van der Waals surface area contributed by atoms with Gasteiger partial charge >= 0.3 is 0 Å². The SMILES string of the molecule is CC(C)(O)CCO.CC(C)(O)CCOS(=O)(=O)c1ccc(CBr)c(F)c1.O=S(=O)(Cl)c1ccc(CBr)c(F)c1. The van der Waals surface area contributed by atoms with E-state index in [1.807, 2.05) is 0 Å². The Hall–Kier alpha value is -0.710. The van der Waals surface area contributed by atoms with Crippen molar-refractivity contribution in [2.45, 2.75) is 72.2 Å². The third-order valence-electron chi connectivity index (χ3n) is 4.58.